The Morgan fingerprint density at radius 1 is 0.957 bits per heavy atom. The molecule has 23 heavy (non-hydrogen) atoms. The molecule has 3 rings (SSSR count). The number of ether oxygens (including phenoxy) is 2. The van der Waals surface area contributed by atoms with Crippen LogP contribution in [-0.4, -0.2) is 27.3 Å². The summed E-state index contributed by atoms with van der Waals surface area (Å²) in [6.45, 7) is 6.57. The number of hydrogen-bond donors (Lipinski definition) is 0. The van der Waals surface area contributed by atoms with E-state index in [1.165, 1.54) is 18.5 Å². The van der Waals surface area contributed by atoms with E-state index in [0.717, 1.165) is 41.3 Å². The van der Waals surface area contributed by atoms with Gasteiger partial charge in [0, 0.05) is 30.4 Å². The van der Waals surface area contributed by atoms with Crippen molar-refractivity contribution in [2.75, 3.05) is 32.2 Å². The van der Waals surface area contributed by atoms with Crippen LogP contribution >= 0.6 is 0 Å². The second-order valence-electron chi connectivity index (χ2n) is 5.79. The molecular weight excluding hydrogens is 286 g/mol. The molecule has 1 aliphatic rings. The number of rotatable bonds is 5. The summed E-state index contributed by atoms with van der Waals surface area (Å²) in [4.78, 5) is 2.43. The largest absolute Gasteiger partial charge is 0.497 e. The fourth-order valence-corrected chi connectivity index (χ4v) is 3.05. The Balaban J connectivity index is 1.85. The minimum atomic E-state index is 0.776. The van der Waals surface area contributed by atoms with Crippen molar-refractivity contribution in [3.63, 3.8) is 0 Å². The Hall–Kier alpha value is -2.42. The Bertz CT molecular complexity index is 685. The van der Waals surface area contributed by atoms with Crippen molar-refractivity contribution in [2.45, 2.75) is 12.8 Å². The van der Waals surface area contributed by atoms with Crippen LogP contribution in [0.1, 0.15) is 24.0 Å². The Morgan fingerprint density at radius 3 is 2.26 bits per heavy atom. The molecule has 0 aromatic heterocycles. The van der Waals surface area contributed by atoms with Gasteiger partial charge < -0.3 is 14.4 Å². The van der Waals surface area contributed by atoms with Crippen molar-refractivity contribution in [3.8, 4) is 11.5 Å². The molecule has 120 valence electrons. The van der Waals surface area contributed by atoms with Crippen LogP contribution in [0.25, 0.3) is 5.57 Å². The molecule has 0 aliphatic carbocycles. The van der Waals surface area contributed by atoms with Crippen molar-refractivity contribution in [1.29, 1.82) is 0 Å². The summed E-state index contributed by atoms with van der Waals surface area (Å²) >= 11 is 0. The van der Waals surface area contributed by atoms with Crippen molar-refractivity contribution in [2.24, 2.45) is 0 Å². The first-order chi connectivity index (χ1) is 11.2. The summed E-state index contributed by atoms with van der Waals surface area (Å²) in [6, 6.07) is 14.5. The Kier molecular flexibility index (Phi) is 4.56. The van der Waals surface area contributed by atoms with Crippen molar-refractivity contribution in [3.05, 3.63) is 60.2 Å². The van der Waals surface area contributed by atoms with Crippen LogP contribution in [0.4, 0.5) is 5.69 Å². The molecule has 0 saturated carbocycles. The lowest BCUT2D eigenvalue weighted by molar-refractivity contribution is 0.393. The molecule has 0 bridgehead atoms. The molecule has 0 radical (unpaired) electrons. The van der Waals surface area contributed by atoms with Gasteiger partial charge in [-0.1, -0.05) is 18.7 Å². The molecule has 2 aromatic rings. The lowest BCUT2D eigenvalue weighted by Crippen LogP contribution is -2.17. The Morgan fingerprint density at radius 2 is 1.65 bits per heavy atom. The highest BCUT2D eigenvalue weighted by Gasteiger charge is 2.14. The summed E-state index contributed by atoms with van der Waals surface area (Å²) in [5.74, 6) is 1.56. The first kappa shape index (κ1) is 15.5. The zero-order valence-electron chi connectivity index (χ0n) is 13.8. The molecule has 0 N–H and O–H groups in total. The van der Waals surface area contributed by atoms with Gasteiger partial charge in [0.2, 0.25) is 0 Å². The molecule has 1 saturated heterocycles. The van der Waals surface area contributed by atoms with E-state index in [1.54, 1.807) is 14.2 Å². The molecule has 0 unspecified atom stereocenters. The van der Waals surface area contributed by atoms with Crippen LogP contribution in [0.5, 0.6) is 11.5 Å². The average molecular weight is 309 g/mol. The molecule has 0 spiro atoms. The van der Waals surface area contributed by atoms with Gasteiger partial charge in [-0.3, -0.25) is 0 Å². The fraction of sp³-hybridized carbons (Fsp3) is 0.300. The predicted octanol–water partition coefficient (Wildman–Crippen LogP) is 4.37. The van der Waals surface area contributed by atoms with Crippen LogP contribution < -0.4 is 14.4 Å². The minimum Gasteiger partial charge on any atom is -0.497 e. The third-order valence-electron chi connectivity index (χ3n) is 4.42. The topological polar surface area (TPSA) is 21.7 Å². The number of hydrogen-bond acceptors (Lipinski definition) is 3. The summed E-state index contributed by atoms with van der Waals surface area (Å²) in [5.41, 5.74) is 4.34. The minimum absolute atomic E-state index is 0.776. The zero-order chi connectivity index (χ0) is 16.2. The van der Waals surface area contributed by atoms with E-state index in [-0.39, 0.29) is 0 Å². The van der Waals surface area contributed by atoms with Crippen LogP contribution in [-0.2, 0) is 0 Å². The SMILES string of the molecule is C=C(c1ccc(N2CCCC2)cc1)c1ccc(OC)cc1OC. The zero-order valence-corrected chi connectivity index (χ0v) is 13.8. The van der Waals surface area contributed by atoms with Gasteiger partial charge in [-0.25, -0.2) is 0 Å². The quantitative estimate of drug-likeness (QED) is 0.819. The average Bonchev–Trinajstić information content (AvgIpc) is 3.15. The molecule has 1 fully saturated rings. The maximum atomic E-state index is 5.49. The van der Waals surface area contributed by atoms with Gasteiger partial charge in [0.15, 0.2) is 0 Å². The van der Waals surface area contributed by atoms with E-state index in [1.807, 2.05) is 18.2 Å². The highest BCUT2D eigenvalue weighted by molar-refractivity contribution is 5.82. The van der Waals surface area contributed by atoms with Crippen molar-refractivity contribution < 1.29 is 9.47 Å². The third kappa shape index (κ3) is 3.19. The van der Waals surface area contributed by atoms with Crippen molar-refractivity contribution >= 4 is 11.3 Å². The van der Waals surface area contributed by atoms with Crippen LogP contribution in [0.15, 0.2) is 49.0 Å². The van der Waals surface area contributed by atoms with E-state index in [4.69, 9.17) is 9.47 Å². The van der Waals surface area contributed by atoms with Gasteiger partial charge in [0.25, 0.3) is 0 Å². The molecule has 1 heterocycles. The summed E-state index contributed by atoms with van der Waals surface area (Å²) in [5, 5.41) is 0. The molecule has 1 aliphatic heterocycles. The van der Waals surface area contributed by atoms with E-state index in [0.29, 0.717) is 0 Å². The van der Waals surface area contributed by atoms with Crippen LogP contribution in [0, 0.1) is 0 Å². The van der Waals surface area contributed by atoms with Gasteiger partial charge in [-0.2, -0.15) is 0 Å². The van der Waals surface area contributed by atoms with Gasteiger partial charge in [-0.05, 0) is 48.2 Å². The summed E-state index contributed by atoms with van der Waals surface area (Å²) in [7, 11) is 3.32. The monoisotopic (exact) mass is 309 g/mol. The van der Waals surface area contributed by atoms with E-state index in [2.05, 4.69) is 35.7 Å². The highest BCUT2D eigenvalue weighted by Crippen LogP contribution is 2.33. The predicted molar refractivity (Wildman–Crippen MR) is 95.6 cm³/mol. The summed E-state index contributed by atoms with van der Waals surface area (Å²) < 4.78 is 10.7. The lowest BCUT2D eigenvalue weighted by Gasteiger charge is -2.18. The second-order valence-corrected chi connectivity index (χ2v) is 5.79. The third-order valence-corrected chi connectivity index (χ3v) is 4.42. The highest BCUT2D eigenvalue weighted by atomic mass is 16.5. The van der Waals surface area contributed by atoms with Crippen molar-refractivity contribution in [1.82, 2.24) is 0 Å². The molecule has 0 amide bonds. The molecule has 0 atom stereocenters. The number of methoxy groups -OCH3 is 2. The normalized spacial score (nSPS) is 13.9. The van der Waals surface area contributed by atoms with E-state index < -0.39 is 0 Å². The van der Waals surface area contributed by atoms with E-state index in [9.17, 15) is 0 Å². The molecule has 2 aromatic carbocycles. The van der Waals surface area contributed by atoms with Gasteiger partial charge in [0.1, 0.15) is 11.5 Å². The standard InChI is InChI=1S/C20H23NO2/c1-15(19-11-10-18(22-2)14-20(19)23-3)16-6-8-17(9-7-16)21-12-4-5-13-21/h6-11,14H,1,4-5,12-13H2,2-3H3. The smallest absolute Gasteiger partial charge is 0.130 e. The first-order valence-electron chi connectivity index (χ1n) is 7.99. The number of benzene rings is 2. The van der Waals surface area contributed by atoms with Gasteiger partial charge >= 0.3 is 0 Å². The first-order valence-corrected chi connectivity index (χ1v) is 7.99. The maximum Gasteiger partial charge on any atom is 0.130 e. The fourth-order valence-electron chi connectivity index (χ4n) is 3.05. The molecular formula is C20H23NO2. The van der Waals surface area contributed by atoms with Gasteiger partial charge in [-0.15, -0.1) is 0 Å². The second kappa shape index (κ2) is 6.78. The molecule has 3 heteroatoms. The van der Waals surface area contributed by atoms with Crippen LogP contribution in [0.2, 0.25) is 0 Å². The van der Waals surface area contributed by atoms with Crippen LogP contribution in [0.3, 0.4) is 0 Å². The van der Waals surface area contributed by atoms with Gasteiger partial charge in [0.05, 0.1) is 14.2 Å². The lowest BCUT2D eigenvalue weighted by atomic mass is 9.98. The maximum absolute atomic E-state index is 5.49. The van der Waals surface area contributed by atoms with E-state index >= 15 is 0 Å². The Labute approximate surface area is 138 Å². The number of nitrogens with zero attached hydrogens (tertiary/aromatic N) is 1. The summed E-state index contributed by atoms with van der Waals surface area (Å²) in [6.07, 6.45) is 2.58. The molecule has 3 nitrogen and oxygen atoms in total. The number of anilines is 1.